The summed E-state index contributed by atoms with van der Waals surface area (Å²) in [6.07, 6.45) is 4.17. The molecule has 0 amide bonds. The van der Waals surface area contributed by atoms with E-state index in [1.54, 1.807) is 35.7 Å². The van der Waals surface area contributed by atoms with Crippen LogP contribution < -0.4 is 5.32 Å². The zero-order chi connectivity index (χ0) is 20.2. The Morgan fingerprint density at radius 2 is 2.03 bits per heavy atom. The molecule has 0 atom stereocenters. The lowest BCUT2D eigenvalue weighted by Gasteiger charge is -2.10. The van der Waals surface area contributed by atoms with Gasteiger partial charge in [-0.2, -0.15) is 0 Å². The van der Waals surface area contributed by atoms with Gasteiger partial charge in [0.25, 0.3) is 0 Å². The Hall–Kier alpha value is -3.16. The lowest BCUT2D eigenvalue weighted by atomic mass is 10.1. The highest BCUT2D eigenvalue weighted by Gasteiger charge is 2.09. The number of anilines is 1. The summed E-state index contributed by atoms with van der Waals surface area (Å²) in [6.45, 7) is 0. The van der Waals surface area contributed by atoms with Crippen molar-refractivity contribution in [1.82, 2.24) is 9.97 Å². The van der Waals surface area contributed by atoms with Crippen LogP contribution >= 0.6 is 23.6 Å². The summed E-state index contributed by atoms with van der Waals surface area (Å²) in [4.78, 5) is 21.2. The van der Waals surface area contributed by atoms with Crippen molar-refractivity contribution < 1.29 is 9.53 Å². The number of carbonyl (C=O) groups is 1. The van der Waals surface area contributed by atoms with E-state index < -0.39 is 0 Å². The van der Waals surface area contributed by atoms with Gasteiger partial charge in [0, 0.05) is 30.1 Å². The quantitative estimate of drug-likeness (QED) is 0.357. The molecule has 2 aromatic carbocycles. The number of fused-ring (bicyclic) bond motifs is 1. The van der Waals surface area contributed by atoms with Crippen LogP contribution in [0.4, 0.5) is 5.69 Å². The van der Waals surface area contributed by atoms with Crippen molar-refractivity contribution >= 4 is 50.4 Å². The van der Waals surface area contributed by atoms with Crippen LogP contribution in [0.3, 0.4) is 0 Å². The van der Waals surface area contributed by atoms with E-state index in [1.165, 1.54) is 7.11 Å². The van der Waals surface area contributed by atoms with E-state index >= 15 is 0 Å². The zero-order valence-corrected chi connectivity index (χ0v) is 17.2. The summed E-state index contributed by atoms with van der Waals surface area (Å²) in [7, 11) is 1.36. The maximum absolute atomic E-state index is 11.7. The highest BCUT2D eigenvalue weighted by molar-refractivity contribution is 7.80. The Labute approximate surface area is 177 Å². The predicted molar refractivity (Wildman–Crippen MR) is 121 cm³/mol. The molecule has 29 heavy (non-hydrogen) atoms. The van der Waals surface area contributed by atoms with Crippen molar-refractivity contribution in [2.24, 2.45) is 0 Å². The lowest BCUT2D eigenvalue weighted by Crippen LogP contribution is -2.12. The molecule has 0 saturated heterocycles. The summed E-state index contributed by atoms with van der Waals surface area (Å²) in [6, 6.07) is 17.2. The number of ether oxygens (including phenoxy) is 1. The van der Waals surface area contributed by atoms with Crippen LogP contribution in [0.1, 0.15) is 15.9 Å². The van der Waals surface area contributed by atoms with E-state index in [0.717, 1.165) is 32.0 Å². The fourth-order valence-electron chi connectivity index (χ4n) is 2.95. The molecule has 0 aliphatic heterocycles. The molecular formula is C22H17N3O2S2. The molecule has 0 saturated carbocycles. The van der Waals surface area contributed by atoms with E-state index in [9.17, 15) is 4.79 Å². The largest absolute Gasteiger partial charge is 0.465 e. The number of esters is 1. The fraction of sp³-hybridized carbons (Fsp3) is 0.0909. The molecule has 7 heteroatoms. The standard InChI is InChI=1S/C22H17N3O2S2/c1-27-22(26)16-6-3-7-17(12-16)24-20(28)11-14-4-2-5-15(10-14)21-25-18-8-9-23-13-19(18)29-21/h2-10,12-13H,11H2,1H3,(H,24,28). The summed E-state index contributed by atoms with van der Waals surface area (Å²) >= 11 is 7.14. The third-order valence-corrected chi connectivity index (χ3v) is 5.60. The number of thiazole rings is 1. The number of aromatic nitrogens is 2. The average Bonchev–Trinajstić information content (AvgIpc) is 3.18. The van der Waals surface area contributed by atoms with E-state index in [-0.39, 0.29) is 5.97 Å². The summed E-state index contributed by atoms with van der Waals surface area (Å²) < 4.78 is 5.83. The smallest absolute Gasteiger partial charge is 0.337 e. The first-order valence-electron chi connectivity index (χ1n) is 8.90. The Morgan fingerprint density at radius 3 is 2.86 bits per heavy atom. The number of carbonyl (C=O) groups excluding carboxylic acids is 1. The number of benzene rings is 2. The minimum absolute atomic E-state index is 0.377. The molecule has 0 bridgehead atoms. The van der Waals surface area contributed by atoms with Crippen LogP contribution in [0.2, 0.25) is 0 Å². The first-order chi connectivity index (χ1) is 14.1. The molecule has 2 heterocycles. The molecule has 2 aromatic heterocycles. The molecule has 0 radical (unpaired) electrons. The van der Waals surface area contributed by atoms with Crippen LogP contribution in [0, 0.1) is 0 Å². The molecule has 4 aromatic rings. The van der Waals surface area contributed by atoms with E-state index in [2.05, 4.69) is 16.4 Å². The van der Waals surface area contributed by atoms with Gasteiger partial charge in [-0.05, 0) is 35.9 Å². The molecule has 0 aliphatic rings. The number of methoxy groups -OCH3 is 1. The normalized spacial score (nSPS) is 10.7. The van der Waals surface area contributed by atoms with Crippen molar-refractivity contribution in [3.63, 3.8) is 0 Å². The highest BCUT2D eigenvalue weighted by atomic mass is 32.1. The molecule has 1 N–H and O–H groups in total. The Bertz CT molecular complexity index is 1170. The molecule has 5 nitrogen and oxygen atoms in total. The Balaban J connectivity index is 1.49. The number of hydrogen-bond acceptors (Lipinski definition) is 6. The Morgan fingerprint density at radius 1 is 1.17 bits per heavy atom. The third kappa shape index (κ3) is 4.47. The second kappa shape index (κ2) is 8.46. The molecule has 0 unspecified atom stereocenters. The van der Waals surface area contributed by atoms with Crippen molar-refractivity contribution in [1.29, 1.82) is 0 Å². The van der Waals surface area contributed by atoms with Crippen LogP contribution in [-0.2, 0) is 11.2 Å². The second-order valence-corrected chi connectivity index (χ2v) is 7.88. The predicted octanol–water partition coefficient (Wildman–Crippen LogP) is 5.13. The molecular weight excluding hydrogens is 402 g/mol. The van der Waals surface area contributed by atoms with Gasteiger partial charge in [-0.25, -0.2) is 9.78 Å². The molecule has 4 rings (SSSR count). The minimum atomic E-state index is -0.377. The van der Waals surface area contributed by atoms with Gasteiger partial charge in [0.15, 0.2) is 0 Å². The first kappa shape index (κ1) is 19.2. The van der Waals surface area contributed by atoms with Crippen molar-refractivity contribution in [2.45, 2.75) is 6.42 Å². The number of thiocarbonyl (C=S) groups is 1. The van der Waals surface area contributed by atoms with Crippen molar-refractivity contribution in [3.8, 4) is 10.6 Å². The van der Waals surface area contributed by atoms with Gasteiger partial charge in [0.2, 0.25) is 0 Å². The van der Waals surface area contributed by atoms with Gasteiger partial charge in [-0.1, -0.05) is 36.5 Å². The Kier molecular flexibility index (Phi) is 5.59. The van der Waals surface area contributed by atoms with Crippen molar-refractivity contribution in [2.75, 3.05) is 12.4 Å². The summed E-state index contributed by atoms with van der Waals surface area (Å²) in [5, 5.41) is 4.15. The number of rotatable bonds is 5. The first-order valence-corrected chi connectivity index (χ1v) is 10.1. The van der Waals surface area contributed by atoms with Gasteiger partial charge in [0.05, 0.1) is 27.9 Å². The minimum Gasteiger partial charge on any atom is -0.465 e. The van der Waals surface area contributed by atoms with Crippen LogP contribution in [0.15, 0.2) is 67.0 Å². The maximum atomic E-state index is 11.7. The van der Waals surface area contributed by atoms with Crippen LogP contribution in [-0.4, -0.2) is 28.0 Å². The molecule has 0 aliphatic carbocycles. The molecule has 0 spiro atoms. The highest BCUT2D eigenvalue weighted by Crippen LogP contribution is 2.30. The monoisotopic (exact) mass is 419 g/mol. The van der Waals surface area contributed by atoms with Gasteiger partial charge < -0.3 is 10.1 Å². The molecule has 0 fully saturated rings. The lowest BCUT2D eigenvalue weighted by molar-refractivity contribution is 0.0601. The number of pyridine rings is 1. The summed E-state index contributed by atoms with van der Waals surface area (Å²) in [5.74, 6) is -0.377. The topological polar surface area (TPSA) is 64.1 Å². The maximum Gasteiger partial charge on any atom is 0.337 e. The van der Waals surface area contributed by atoms with E-state index in [4.69, 9.17) is 21.9 Å². The van der Waals surface area contributed by atoms with E-state index in [1.807, 2.05) is 36.5 Å². The van der Waals surface area contributed by atoms with E-state index in [0.29, 0.717) is 17.0 Å². The molecule has 144 valence electrons. The van der Waals surface area contributed by atoms with Gasteiger partial charge in [0.1, 0.15) is 5.01 Å². The fourth-order valence-corrected chi connectivity index (χ4v) is 4.16. The third-order valence-electron chi connectivity index (χ3n) is 4.30. The average molecular weight is 420 g/mol. The SMILES string of the molecule is COC(=O)c1cccc(NC(=S)Cc2cccc(-c3nc4ccncc4s3)c2)c1. The van der Waals surface area contributed by atoms with Crippen LogP contribution in [0.25, 0.3) is 20.8 Å². The van der Waals surface area contributed by atoms with Gasteiger partial charge in [-0.15, -0.1) is 11.3 Å². The number of hydrogen-bond donors (Lipinski definition) is 1. The van der Waals surface area contributed by atoms with Gasteiger partial charge in [-0.3, -0.25) is 4.98 Å². The van der Waals surface area contributed by atoms with Crippen LogP contribution in [0.5, 0.6) is 0 Å². The van der Waals surface area contributed by atoms with Crippen molar-refractivity contribution in [3.05, 3.63) is 78.1 Å². The summed E-state index contributed by atoms with van der Waals surface area (Å²) in [5.41, 5.74) is 4.33. The van der Waals surface area contributed by atoms with Gasteiger partial charge >= 0.3 is 5.97 Å². The number of nitrogens with one attached hydrogen (secondary N) is 1. The second-order valence-electron chi connectivity index (χ2n) is 6.36. The number of nitrogens with zero attached hydrogens (tertiary/aromatic N) is 2. The zero-order valence-electron chi connectivity index (χ0n) is 15.6.